The van der Waals surface area contributed by atoms with Crippen LogP contribution in [0, 0.1) is 11.8 Å². The Labute approximate surface area is 397 Å². The molecule has 1 unspecified atom stereocenters. The summed E-state index contributed by atoms with van der Waals surface area (Å²) in [5.41, 5.74) is 4.83. The van der Waals surface area contributed by atoms with Crippen LogP contribution in [0.4, 0.5) is 18.4 Å². The molecule has 9 rings (SSSR count). The van der Waals surface area contributed by atoms with Gasteiger partial charge in [0.1, 0.15) is 29.3 Å². The van der Waals surface area contributed by atoms with Crippen molar-refractivity contribution in [3.63, 3.8) is 0 Å². The number of H-pyrrole nitrogens is 2. The summed E-state index contributed by atoms with van der Waals surface area (Å²) in [7, 11) is 1.28. The minimum atomic E-state index is -2.96. The van der Waals surface area contributed by atoms with Crippen LogP contribution in [0.3, 0.4) is 0 Å². The Hall–Kier alpha value is -7.14. The molecule has 4 heterocycles. The predicted octanol–water partition coefficient (Wildman–Crippen LogP) is 9.85. The van der Waals surface area contributed by atoms with Crippen molar-refractivity contribution < 1.29 is 42.2 Å². The molecule has 7 aromatic rings. The zero-order chi connectivity index (χ0) is 48.7. The highest BCUT2D eigenvalue weighted by atomic mass is 19.3. The number of ether oxygens (including phenoxy) is 3. The molecule has 2 saturated heterocycles. The van der Waals surface area contributed by atoms with Crippen molar-refractivity contribution in [2.45, 2.75) is 90.3 Å². The van der Waals surface area contributed by atoms with Crippen molar-refractivity contribution in [1.29, 1.82) is 0 Å². The van der Waals surface area contributed by atoms with E-state index in [4.69, 9.17) is 24.2 Å². The van der Waals surface area contributed by atoms with Crippen LogP contribution in [0.25, 0.3) is 54.7 Å². The second-order valence-corrected chi connectivity index (χ2v) is 19.3. The molecule has 2 aliphatic heterocycles. The summed E-state index contributed by atoms with van der Waals surface area (Å²) >= 11 is 0. The van der Waals surface area contributed by atoms with Crippen LogP contribution in [0.5, 0.6) is 0 Å². The molecule has 2 aromatic heterocycles. The van der Waals surface area contributed by atoms with Crippen molar-refractivity contribution in [1.82, 2.24) is 40.4 Å². The normalized spacial score (nSPS) is 18.4. The second-order valence-electron chi connectivity index (χ2n) is 19.3. The Bertz CT molecular complexity index is 3060. The quantitative estimate of drug-likeness (QED) is 0.0926. The summed E-state index contributed by atoms with van der Waals surface area (Å²) in [6.45, 7) is 6.42. The van der Waals surface area contributed by atoms with E-state index in [0.29, 0.717) is 35.7 Å². The molecule has 17 heteroatoms. The molecule has 2 aliphatic rings. The van der Waals surface area contributed by atoms with Gasteiger partial charge in [0.15, 0.2) is 0 Å². The van der Waals surface area contributed by atoms with Gasteiger partial charge in [-0.2, -0.15) is 8.78 Å². The molecule has 4 N–H and O–H groups in total. The lowest BCUT2D eigenvalue weighted by molar-refractivity contribution is -0.139. The number of alkyl carbamates (subject to hydrolysis) is 2. The van der Waals surface area contributed by atoms with Gasteiger partial charge in [0.25, 0.3) is 5.91 Å². The number of amides is 4. The molecule has 360 valence electrons. The zero-order valence-corrected chi connectivity index (χ0v) is 39.3. The molecule has 4 amide bonds. The molecule has 5 atom stereocenters. The van der Waals surface area contributed by atoms with E-state index in [1.807, 2.05) is 50.2 Å². The van der Waals surface area contributed by atoms with Gasteiger partial charge >= 0.3 is 18.8 Å². The SMILES string of the molecule is COC(=O)N[C@H](C(=O)N1CCCC1c1nc2ccc3cc(-c4ccc5c(ccc6nc([C@@H]7C[C@H](COC(F)F)CN7C(=O)[C@H](NC(=O)OC(C)(C)C)c7ccccc7)[nH]c65)c4)ccc3c2[nH]1)C(C)C. The lowest BCUT2D eigenvalue weighted by Gasteiger charge is -2.29. The first kappa shape index (κ1) is 46.9. The van der Waals surface area contributed by atoms with Gasteiger partial charge in [-0.15, -0.1) is 0 Å². The number of aromatic amines is 2. The van der Waals surface area contributed by atoms with E-state index in [2.05, 4.69) is 50.9 Å². The monoisotopic (exact) mass is 942 g/mol. The Kier molecular flexibility index (Phi) is 13.0. The minimum Gasteiger partial charge on any atom is -0.453 e. The summed E-state index contributed by atoms with van der Waals surface area (Å²) in [4.78, 5) is 73.9. The summed E-state index contributed by atoms with van der Waals surface area (Å²) < 4.78 is 41.6. The topological polar surface area (TPSA) is 184 Å². The number of nitrogens with zero attached hydrogens (tertiary/aromatic N) is 4. The van der Waals surface area contributed by atoms with Gasteiger partial charge in [-0.05, 0) is 97.7 Å². The molecule has 5 aromatic carbocycles. The Morgan fingerprint density at radius 2 is 1.38 bits per heavy atom. The van der Waals surface area contributed by atoms with Crippen molar-refractivity contribution in [2.75, 3.05) is 26.8 Å². The van der Waals surface area contributed by atoms with Gasteiger partial charge < -0.3 is 44.6 Å². The highest BCUT2D eigenvalue weighted by Gasteiger charge is 2.42. The maximum absolute atomic E-state index is 14.6. The number of aromatic nitrogens is 4. The third kappa shape index (κ3) is 9.78. The first-order chi connectivity index (χ1) is 33.0. The van der Waals surface area contributed by atoms with Crippen molar-refractivity contribution in [3.05, 3.63) is 108 Å². The Morgan fingerprint density at radius 3 is 1.94 bits per heavy atom. The van der Waals surface area contributed by atoms with Crippen LogP contribution < -0.4 is 10.6 Å². The van der Waals surface area contributed by atoms with Crippen LogP contribution in [-0.4, -0.2) is 98.8 Å². The first-order valence-electron chi connectivity index (χ1n) is 23.3. The van der Waals surface area contributed by atoms with Gasteiger partial charge in [-0.25, -0.2) is 19.6 Å². The molecule has 15 nitrogen and oxygen atoms in total. The van der Waals surface area contributed by atoms with Gasteiger partial charge in [-0.3, -0.25) is 9.59 Å². The van der Waals surface area contributed by atoms with Crippen LogP contribution >= 0.6 is 0 Å². The molecular formula is C52H56F2N8O7. The maximum Gasteiger partial charge on any atom is 0.408 e. The van der Waals surface area contributed by atoms with Crippen molar-refractivity contribution in [2.24, 2.45) is 11.8 Å². The predicted molar refractivity (Wildman–Crippen MR) is 257 cm³/mol. The number of rotatable bonds is 12. The largest absolute Gasteiger partial charge is 0.453 e. The third-order valence-corrected chi connectivity index (χ3v) is 13.0. The molecular weight excluding hydrogens is 887 g/mol. The lowest BCUT2D eigenvalue weighted by Crippen LogP contribution is -2.51. The van der Waals surface area contributed by atoms with E-state index in [-0.39, 0.29) is 31.0 Å². The van der Waals surface area contributed by atoms with Gasteiger partial charge in [0.05, 0.1) is 47.9 Å². The highest BCUT2D eigenvalue weighted by molar-refractivity contribution is 6.07. The molecule has 0 spiro atoms. The number of halogens is 2. The van der Waals surface area contributed by atoms with Crippen LogP contribution in [-0.2, 0) is 23.8 Å². The maximum atomic E-state index is 14.6. The van der Waals surface area contributed by atoms with Crippen LogP contribution in [0.15, 0.2) is 91.0 Å². The fourth-order valence-electron chi connectivity index (χ4n) is 9.80. The molecule has 0 saturated carbocycles. The van der Waals surface area contributed by atoms with Gasteiger partial charge in [0, 0.05) is 29.8 Å². The fraction of sp³-hybridized carbons (Fsp3) is 0.385. The van der Waals surface area contributed by atoms with E-state index in [1.54, 1.807) is 54.8 Å². The van der Waals surface area contributed by atoms with Gasteiger partial charge in [0.2, 0.25) is 5.91 Å². The number of fused-ring (bicyclic) bond motifs is 6. The summed E-state index contributed by atoms with van der Waals surface area (Å²) in [5.74, 6) is 0.0213. The Morgan fingerprint density at radius 1 is 0.768 bits per heavy atom. The fourth-order valence-corrected chi connectivity index (χ4v) is 9.80. The smallest absolute Gasteiger partial charge is 0.408 e. The first-order valence-corrected chi connectivity index (χ1v) is 23.3. The number of hydrogen-bond acceptors (Lipinski definition) is 9. The number of methoxy groups -OCH3 is 1. The highest BCUT2D eigenvalue weighted by Crippen LogP contribution is 2.40. The van der Waals surface area contributed by atoms with Crippen LogP contribution in [0.1, 0.15) is 89.2 Å². The number of carbonyl (C=O) groups is 4. The molecule has 0 radical (unpaired) electrons. The number of likely N-dealkylation sites (tertiary alicyclic amines) is 2. The molecule has 2 fully saturated rings. The molecule has 0 bridgehead atoms. The summed E-state index contributed by atoms with van der Waals surface area (Å²) in [5, 5.41) is 9.32. The third-order valence-electron chi connectivity index (χ3n) is 13.0. The number of benzene rings is 5. The standard InChI is InChI=1S/C52H56F2N8O7/c1-28(2)41(59-50(65)67-6)47(63)61-22-10-13-39(61)45-55-37-20-16-33-24-31(14-18-35(33)43(37)57-45)32-15-19-36-34(25-32)17-21-38-44(36)58-46(56-38)40-23-29(27-68-49(53)54)26-62(40)48(64)42(30-11-8-7-9-12-30)60-51(66)69-52(3,4)5/h7-9,11-12,14-21,24-25,28-29,39-42,49H,10,13,22-23,26-27H2,1-6H3,(H,55,57)(H,56,58)(H,59,65)(H,60,66)/t29-,39?,40-,41-,42+/m0/s1. The Balaban J connectivity index is 0.989. The number of carbonyl (C=O) groups excluding carboxylic acids is 4. The lowest BCUT2D eigenvalue weighted by atomic mass is 9.98. The van der Waals surface area contributed by atoms with E-state index >= 15 is 0 Å². The van der Waals surface area contributed by atoms with E-state index < -0.39 is 54.3 Å². The van der Waals surface area contributed by atoms with E-state index in [0.717, 1.165) is 62.1 Å². The minimum absolute atomic E-state index is 0.103. The zero-order valence-electron chi connectivity index (χ0n) is 39.3. The van der Waals surface area contributed by atoms with Crippen LogP contribution in [0.2, 0.25) is 0 Å². The number of nitrogens with one attached hydrogen (secondary N) is 4. The number of imidazole rings is 2. The van der Waals surface area contributed by atoms with Gasteiger partial charge in [-0.1, -0.05) is 80.6 Å². The average molecular weight is 943 g/mol. The van der Waals surface area contributed by atoms with Crippen molar-refractivity contribution >= 4 is 67.6 Å². The second kappa shape index (κ2) is 19.1. The van der Waals surface area contributed by atoms with E-state index in [1.165, 1.54) is 7.11 Å². The summed E-state index contributed by atoms with van der Waals surface area (Å²) in [6.07, 6.45) is 0.445. The molecule has 0 aliphatic carbocycles. The van der Waals surface area contributed by atoms with Crippen molar-refractivity contribution in [3.8, 4) is 11.1 Å². The number of hydrogen-bond donors (Lipinski definition) is 4. The van der Waals surface area contributed by atoms with E-state index in [9.17, 15) is 28.0 Å². The number of alkyl halides is 2. The summed E-state index contributed by atoms with van der Waals surface area (Å²) in [6, 6.07) is 26.5. The average Bonchev–Trinajstić information content (AvgIpc) is 4.16. The molecule has 69 heavy (non-hydrogen) atoms.